The predicted molar refractivity (Wildman–Crippen MR) is 130 cm³/mol. The monoisotopic (exact) mass is 537 g/mol. The Kier molecular flexibility index (Phi) is 9.67. The zero-order chi connectivity index (χ0) is 27.9. The third-order valence-electron chi connectivity index (χ3n) is 4.74. The number of carboxylic acids is 2. The average molecular weight is 537 g/mol. The number of aromatic nitrogens is 1. The fourth-order valence-corrected chi connectivity index (χ4v) is 3.36. The second-order valence-electron chi connectivity index (χ2n) is 7.95. The molecule has 0 fully saturated rings. The fraction of sp³-hybridized carbons (Fsp3) is 0.300. The van der Waals surface area contributed by atoms with Gasteiger partial charge in [0.2, 0.25) is 11.5 Å². The predicted octanol–water partition coefficient (Wildman–Crippen LogP) is -1.23. The molecule has 0 saturated carbocycles. The molecule has 9 N–H and O–H groups in total. The highest BCUT2D eigenvalue weighted by atomic mass is 32.1. The van der Waals surface area contributed by atoms with Crippen molar-refractivity contribution in [3.8, 4) is 5.75 Å². The van der Waals surface area contributed by atoms with Gasteiger partial charge in [-0.25, -0.2) is 14.6 Å². The van der Waals surface area contributed by atoms with E-state index in [4.69, 9.17) is 10.6 Å². The van der Waals surface area contributed by atoms with Crippen molar-refractivity contribution < 1.29 is 49.4 Å². The van der Waals surface area contributed by atoms with Gasteiger partial charge in [0.25, 0.3) is 5.91 Å². The summed E-state index contributed by atoms with van der Waals surface area (Å²) in [5.41, 5.74) is 2.20. The van der Waals surface area contributed by atoms with Crippen LogP contribution in [0.25, 0.3) is 0 Å². The summed E-state index contributed by atoms with van der Waals surface area (Å²) < 4.78 is 0. The molecule has 0 saturated heterocycles. The second-order valence-corrected chi connectivity index (χ2v) is 8.81. The van der Waals surface area contributed by atoms with Gasteiger partial charge in [-0.3, -0.25) is 9.59 Å². The summed E-state index contributed by atoms with van der Waals surface area (Å²) in [5.74, 6) is -6.60. The number of rotatable bonds is 12. The molecule has 17 heteroatoms. The van der Waals surface area contributed by atoms with Crippen molar-refractivity contribution >= 4 is 53.1 Å². The molecule has 2 aromatic rings. The number of nitrogens with two attached hydrogens (primary N) is 1. The van der Waals surface area contributed by atoms with Gasteiger partial charge in [0.1, 0.15) is 17.0 Å². The fourth-order valence-electron chi connectivity index (χ4n) is 2.65. The summed E-state index contributed by atoms with van der Waals surface area (Å²) in [6.07, 6.45) is -0.417. The Hall–Kier alpha value is -4.06. The minimum absolute atomic E-state index is 0.0134. The lowest BCUT2D eigenvalue weighted by atomic mass is 9.75. The second kappa shape index (κ2) is 12.3. The third-order valence-corrected chi connectivity index (χ3v) is 5.50. The number of carboxylic acid groups (broad SMARTS) is 2. The number of carbonyl (C=O) groups is 4. The van der Waals surface area contributed by atoms with Gasteiger partial charge in [0.15, 0.2) is 10.8 Å². The first-order chi connectivity index (χ1) is 17.3. The number of amides is 2. The Balaban J connectivity index is 2.39. The summed E-state index contributed by atoms with van der Waals surface area (Å²) in [4.78, 5) is 56.3. The number of carbonyl (C=O) groups excluding carboxylic acids is 2. The number of hydrogen-bond donors (Lipinski definition) is 8. The Morgan fingerprint density at radius 2 is 1.92 bits per heavy atom. The maximum Gasteiger partial charge on any atom is 0.475 e. The van der Waals surface area contributed by atoms with Gasteiger partial charge >= 0.3 is 19.1 Å². The minimum Gasteiger partial charge on any atom is -0.507 e. The van der Waals surface area contributed by atoms with E-state index in [1.54, 1.807) is 0 Å². The summed E-state index contributed by atoms with van der Waals surface area (Å²) >= 11 is 0.894. The molecule has 2 amide bonds. The number of aromatic hydroxyl groups is 1. The van der Waals surface area contributed by atoms with Crippen LogP contribution in [0.4, 0.5) is 5.13 Å². The smallest absolute Gasteiger partial charge is 0.475 e. The molecule has 2 rings (SSSR count). The van der Waals surface area contributed by atoms with Gasteiger partial charge in [-0.15, -0.1) is 11.3 Å². The summed E-state index contributed by atoms with van der Waals surface area (Å²) in [7, 11) is -2.18. The zero-order valence-electron chi connectivity index (χ0n) is 19.5. The molecule has 0 bridgehead atoms. The van der Waals surface area contributed by atoms with Crippen molar-refractivity contribution in [2.45, 2.75) is 31.8 Å². The molecule has 0 aliphatic heterocycles. The molecule has 1 heterocycles. The van der Waals surface area contributed by atoms with Gasteiger partial charge in [-0.1, -0.05) is 17.3 Å². The van der Waals surface area contributed by atoms with Gasteiger partial charge in [-0.2, -0.15) is 0 Å². The number of thiazole rings is 1. The maximum absolute atomic E-state index is 13.1. The lowest BCUT2D eigenvalue weighted by Gasteiger charge is -2.20. The van der Waals surface area contributed by atoms with E-state index in [9.17, 15) is 44.5 Å². The molecule has 1 atom stereocenters. The van der Waals surface area contributed by atoms with E-state index in [-0.39, 0.29) is 22.9 Å². The molecule has 37 heavy (non-hydrogen) atoms. The lowest BCUT2D eigenvalue weighted by Crippen LogP contribution is -2.50. The van der Waals surface area contributed by atoms with Crippen LogP contribution in [0.3, 0.4) is 0 Å². The summed E-state index contributed by atoms with van der Waals surface area (Å²) in [6.45, 7) is 2.00. The molecule has 0 aliphatic rings. The molecule has 1 aromatic heterocycles. The van der Waals surface area contributed by atoms with Crippen LogP contribution in [0.1, 0.15) is 35.5 Å². The standard InChI is InChI=1S/C20H24BN5O10S/c1-20(2,18(32)33)36-26-14(11-8-37-19(23-11)25-13(27)7-22)16(29)24-12(21(34)35)6-9-4-3-5-10(15(9)28)17(30)31/h3-5,8,12,28,34-35H,6-7,22H2,1-2H3,(H,24,29)(H,30,31)(H,32,33)(H,23,25,27)/t12-/m0/s1. The van der Waals surface area contributed by atoms with Crippen molar-refractivity contribution in [1.82, 2.24) is 10.3 Å². The van der Waals surface area contributed by atoms with Crippen LogP contribution in [-0.4, -0.2) is 85.0 Å². The third kappa shape index (κ3) is 7.71. The topological polar surface area (TPSA) is 254 Å². The van der Waals surface area contributed by atoms with Gasteiger partial charge in [-0.05, 0) is 31.9 Å². The van der Waals surface area contributed by atoms with Crippen molar-refractivity contribution in [2.75, 3.05) is 11.9 Å². The Morgan fingerprint density at radius 1 is 1.24 bits per heavy atom. The Morgan fingerprint density at radius 3 is 2.49 bits per heavy atom. The molecular formula is C20H24BN5O10S. The zero-order valence-corrected chi connectivity index (χ0v) is 20.4. The largest absolute Gasteiger partial charge is 0.507 e. The summed E-state index contributed by atoms with van der Waals surface area (Å²) in [6, 6.07) is 3.78. The molecule has 15 nitrogen and oxygen atoms in total. The number of nitrogens with zero attached hydrogens (tertiary/aromatic N) is 2. The maximum atomic E-state index is 13.1. The van der Waals surface area contributed by atoms with Gasteiger partial charge < -0.3 is 46.6 Å². The van der Waals surface area contributed by atoms with E-state index in [1.807, 2.05) is 0 Å². The molecule has 0 unspecified atom stereocenters. The number of aromatic carboxylic acids is 1. The Labute approximate surface area is 213 Å². The van der Waals surface area contributed by atoms with Crippen LogP contribution in [-0.2, 0) is 25.6 Å². The van der Waals surface area contributed by atoms with E-state index < -0.39 is 65.9 Å². The lowest BCUT2D eigenvalue weighted by molar-refractivity contribution is -0.161. The first kappa shape index (κ1) is 29.2. The highest BCUT2D eigenvalue weighted by Gasteiger charge is 2.33. The van der Waals surface area contributed by atoms with Crippen LogP contribution in [0, 0.1) is 0 Å². The number of oxime groups is 1. The van der Waals surface area contributed by atoms with E-state index in [1.165, 1.54) is 31.4 Å². The van der Waals surface area contributed by atoms with Crippen molar-refractivity contribution in [1.29, 1.82) is 0 Å². The normalized spacial score (nSPS) is 12.4. The highest BCUT2D eigenvalue weighted by molar-refractivity contribution is 7.14. The first-order valence-electron chi connectivity index (χ1n) is 10.4. The number of phenols is 1. The minimum atomic E-state index is -2.18. The van der Waals surface area contributed by atoms with E-state index in [0.717, 1.165) is 17.4 Å². The van der Waals surface area contributed by atoms with Crippen LogP contribution in [0.15, 0.2) is 28.7 Å². The quantitative estimate of drug-likeness (QED) is 0.0900. The number of hydrogen-bond acceptors (Lipinski definition) is 12. The van der Waals surface area contributed by atoms with Crippen LogP contribution < -0.4 is 16.4 Å². The average Bonchev–Trinajstić information content (AvgIpc) is 3.27. The van der Waals surface area contributed by atoms with E-state index in [2.05, 4.69) is 20.8 Å². The molecule has 0 spiro atoms. The number of anilines is 1. The summed E-state index contributed by atoms with van der Waals surface area (Å²) in [5, 5.41) is 57.9. The number of nitrogens with one attached hydrogen (secondary N) is 2. The number of aliphatic carboxylic acids is 1. The van der Waals surface area contributed by atoms with Crippen molar-refractivity contribution in [2.24, 2.45) is 10.9 Å². The van der Waals surface area contributed by atoms with Crippen LogP contribution >= 0.6 is 11.3 Å². The first-order valence-corrected chi connectivity index (χ1v) is 11.3. The van der Waals surface area contributed by atoms with Gasteiger partial charge in [0.05, 0.1) is 12.5 Å². The number of para-hydroxylation sites is 1. The van der Waals surface area contributed by atoms with Crippen LogP contribution in [0.5, 0.6) is 5.75 Å². The molecular weight excluding hydrogens is 513 g/mol. The molecule has 198 valence electrons. The SMILES string of the molecule is CC(C)(ON=C(C(=O)N[C@@H](Cc1cccc(C(=O)O)c1O)B(O)O)c1csc(NC(=O)CN)n1)C(=O)O. The van der Waals surface area contributed by atoms with E-state index >= 15 is 0 Å². The molecule has 0 aliphatic carbocycles. The Bertz CT molecular complexity index is 1220. The highest BCUT2D eigenvalue weighted by Crippen LogP contribution is 2.24. The van der Waals surface area contributed by atoms with E-state index in [0.29, 0.717) is 0 Å². The molecule has 1 aromatic carbocycles. The molecule has 0 radical (unpaired) electrons. The van der Waals surface area contributed by atoms with Crippen molar-refractivity contribution in [3.63, 3.8) is 0 Å². The van der Waals surface area contributed by atoms with Gasteiger partial charge in [0, 0.05) is 5.38 Å². The van der Waals surface area contributed by atoms with Crippen LogP contribution in [0.2, 0.25) is 0 Å². The van der Waals surface area contributed by atoms with Crippen molar-refractivity contribution in [3.05, 3.63) is 40.4 Å². The number of benzene rings is 1.